The van der Waals surface area contributed by atoms with Crippen molar-refractivity contribution < 1.29 is 9.90 Å². The molecule has 16 heavy (non-hydrogen) atoms. The first-order valence-electron chi connectivity index (χ1n) is 6.15. The highest BCUT2D eigenvalue weighted by atomic mass is 32.2. The summed E-state index contributed by atoms with van der Waals surface area (Å²) in [7, 11) is 0. The van der Waals surface area contributed by atoms with Gasteiger partial charge in [-0.2, -0.15) is 0 Å². The maximum absolute atomic E-state index is 10.7. The van der Waals surface area contributed by atoms with Gasteiger partial charge in [0.1, 0.15) is 0 Å². The van der Waals surface area contributed by atoms with E-state index in [1.807, 2.05) is 0 Å². The Morgan fingerprint density at radius 2 is 1.94 bits per heavy atom. The third kappa shape index (κ3) is 7.80. The number of hydrogen-bond donors (Lipinski definition) is 1. The van der Waals surface area contributed by atoms with Crippen molar-refractivity contribution in [2.45, 2.75) is 63.4 Å². The van der Waals surface area contributed by atoms with Gasteiger partial charge in [-0.25, -0.2) is 0 Å². The standard InChI is InChI=1S/C13H24O2S/c1-4-6-7-8-9-10-12(5-2)16-11(3)13(14)15/h7-8,11-12H,4-6,9-10H2,1-3H3,(H,14,15). The van der Waals surface area contributed by atoms with E-state index in [1.165, 1.54) is 6.42 Å². The summed E-state index contributed by atoms with van der Waals surface area (Å²) in [5.74, 6) is -0.704. The smallest absolute Gasteiger partial charge is 0.316 e. The lowest BCUT2D eigenvalue weighted by Gasteiger charge is -2.15. The van der Waals surface area contributed by atoms with Gasteiger partial charge < -0.3 is 5.11 Å². The molecule has 0 rings (SSSR count). The summed E-state index contributed by atoms with van der Waals surface area (Å²) in [6, 6.07) is 0. The average molecular weight is 244 g/mol. The molecule has 0 aromatic rings. The van der Waals surface area contributed by atoms with Gasteiger partial charge in [0.15, 0.2) is 0 Å². The van der Waals surface area contributed by atoms with Gasteiger partial charge in [0.2, 0.25) is 0 Å². The SMILES string of the molecule is CCCC=CCCC(CC)SC(C)C(=O)O. The average Bonchev–Trinajstić information content (AvgIpc) is 2.26. The van der Waals surface area contributed by atoms with Gasteiger partial charge in [0.25, 0.3) is 0 Å². The summed E-state index contributed by atoms with van der Waals surface area (Å²) in [6.07, 6.45) is 9.98. The van der Waals surface area contributed by atoms with Crippen LogP contribution in [0.25, 0.3) is 0 Å². The van der Waals surface area contributed by atoms with Crippen molar-refractivity contribution >= 4 is 17.7 Å². The van der Waals surface area contributed by atoms with Crippen molar-refractivity contribution in [2.24, 2.45) is 0 Å². The molecule has 3 heteroatoms. The van der Waals surface area contributed by atoms with Crippen LogP contribution in [0.1, 0.15) is 52.9 Å². The Balaban J connectivity index is 3.79. The fourth-order valence-corrected chi connectivity index (χ4v) is 2.56. The van der Waals surface area contributed by atoms with Gasteiger partial charge in [-0.05, 0) is 32.6 Å². The van der Waals surface area contributed by atoms with Crippen LogP contribution in [0.4, 0.5) is 0 Å². The number of rotatable bonds is 9. The second kappa shape index (κ2) is 9.76. The normalized spacial score (nSPS) is 15.2. The number of carboxylic acid groups (broad SMARTS) is 1. The van der Waals surface area contributed by atoms with Crippen molar-refractivity contribution in [1.82, 2.24) is 0 Å². The quantitative estimate of drug-likeness (QED) is 0.620. The van der Waals surface area contributed by atoms with Crippen LogP contribution in [0, 0.1) is 0 Å². The molecule has 0 aliphatic heterocycles. The molecule has 0 saturated carbocycles. The molecule has 2 nitrogen and oxygen atoms in total. The number of allylic oxidation sites excluding steroid dienone is 2. The number of carboxylic acids is 1. The predicted molar refractivity (Wildman–Crippen MR) is 72.0 cm³/mol. The summed E-state index contributed by atoms with van der Waals surface area (Å²) >= 11 is 1.58. The summed E-state index contributed by atoms with van der Waals surface area (Å²) in [6.45, 7) is 6.06. The minimum absolute atomic E-state index is 0.287. The third-order valence-corrected chi connectivity index (χ3v) is 4.04. The molecule has 0 heterocycles. The lowest BCUT2D eigenvalue weighted by Crippen LogP contribution is -2.16. The first-order chi connectivity index (χ1) is 7.61. The molecule has 0 fully saturated rings. The second-order valence-electron chi connectivity index (χ2n) is 3.98. The lowest BCUT2D eigenvalue weighted by atomic mass is 10.2. The van der Waals surface area contributed by atoms with Crippen molar-refractivity contribution in [3.8, 4) is 0 Å². The molecule has 0 saturated heterocycles. The van der Waals surface area contributed by atoms with Crippen LogP contribution in [0.5, 0.6) is 0 Å². The van der Waals surface area contributed by atoms with Crippen molar-refractivity contribution in [2.75, 3.05) is 0 Å². The van der Waals surface area contributed by atoms with Crippen LogP contribution in [0.3, 0.4) is 0 Å². The Bertz CT molecular complexity index is 214. The highest BCUT2D eigenvalue weighted by Crippen LogP contribution is 2.24. The van der Waals surface area contributed by atoms with Crippen molar-refractivity contribution in [1.29, 1.82) is 0 Å². The van der Waals surface area contributed by atoms with Crippen molar-refractivity contribution in [3.05, 3.63) is 12.2 Å². The van der Waals surface area contributed by atoms with Crippen LogP contribution in [0.2, 0.25) is 0 Å². The van der Waals surface area contributed by atoms with Crippen LogP contribution >= 0.6 is 11.8 Å². The molecule has 1 N–H and O–H groups in total. The van der Waals surface area contributed by atoms with E-state index in [0.717, 1.165) is 25.7 Å². The Kier molecular flexibility index (Phi) is 9.49. The number of thioether (sulfide) groups is 1. The van der Waals surface area contributed by atoms with Crippen LogP contribution in [-0.4, -0.2) is 21.6 Å². The third-order valence-electron chi connectivity index (χ3n) is 2.48. The molecule has 2 unspecified atom stereocenters. The Morgan fingerprint density at radius 1 is 1.31 bits per heavy atom. The van der Waals surface area contributed by atoms with E-state index >= 15 is 0 Å². The van der Waals surface area contributed by atoms with Gasteiger partial charge >= 0.3 is 5.97 Å². The Morgan fingerprint density at radius 3 is 2.44 bits per heavy atom. The van der Waals surface area contributed by atoms with E-state index in [0.29, 0.717) is 5.25 Å². The zero-order valence-corrected chi connectivity index (χ0v) is 11.4. The predicted octanol–water partition coefficient (Wildman–Crippen LogP) is 4.11. The molecule has 0 aromatic heterocycles. The molecule has 0 aliphatic rings. The van der Waals surface area contributed by atoms with Gasteiger partial charge in [-0.15, -0.1) is 11.8 Å². The molecule has 0 aliphatic carbocycles. The van der Waals surface area contributed by atoms with Crippen LogP contribution < -0.4 is 0 Å². The monoisotopic (exact) mass is 244 g/mol. The van der Waals surface area contributed by atoms with E-state index in [9.17, 15) is 4.79 Å². The van der Waals surface area contributed by atoms with Gasteiger partial charge in [0.05, 0.1) is 5.25 Å². The number of unbranched alkanes of at least 4 members (excludes halogenated alkanes) is 1. The van der Waals surface area contributed by atoms with E-state index in [-0.39, 0.29) is 5.25 Å². The van der Waals surface area contributed by atoms with Crippen LogP contribution in [-0.2, 0) is 4.79 Å². The molecule has 94 valence electrons. The molecule has 0 spiro atoms. The maximum atomic E-state index is 10.7. The van der Waals surface area contributed by atoms with E-state index < -0.39 is 5.97 Å². The second-order valence-corrected chi connectivity index (χ2v) is 5.63. The van der Waals surface area contributed by atoms with E-state index in [1.54, 1.807) is 18.7 Å². The highest BCUT2D eigenvalue weighted by molar-refractivity contribution is 8.01. The summed E-state index contributed by atoms with van der Waals surface area (Å²) in [5.41, 5.74) is 0. The zero-order chi connectivity index (χ0) is 12.4. The van der Waals surface area contributed by atoms with Crippen molar-refractivity contribution in [3.63, 3.8) is 0 Å². The zero-order valence-electron chi connectivity index (χ0n) is 10.6. The molecule has 0 radical (unpaired) electrons. The van der Waals surface area contributed by atoms with E-state index in [2.05, 4.69) is 26.0 Å². The number of hydrogen-bond acceptors (Lipinski definition) is 2. The van der Waals surface area contributed by atoms with Gasteiger partial charge in [-0.1, -0.05) is 32.4 Å². The fourth-order valence-electron chi connectivity index (χ4n) is 1.40. The first kappa shape index (κ1) is 15.6. The van der Waals surface area contributed by atoms with E-state index in [4.69, 9.17) is 5.11 Å². The summed E-state index contributed by atoms with van der Waals surface area (Å²) in [5, 5.41) is 9.02. The molecule has 2 atom stereocenters. The Hall–Kier alpha value is -0.440. The molecule has 0 aromatic carbocycles. The highest BCUT2D eigenvalue weighted by Gasteiger charge is 2.16. The number of carbonyl (C=O) groups is 1. The maximum Gasteiger partial charge on any atom is 0.316 e. The molecule has 0 amide bonds. The first-order valence-corrected chi connectivity index (χ1v) is 7.09. The molecular formula is C13H24O2S. The number of aliphatic carboxylic acids is 1. The summed E-state index contributed by atoms with van der Waals surface area (Å²) in [4.78, 5) is 10.7. The summed E-state index contributed by atoms with van der Waals surface area (Å²) < 4.78 is 0. The minimum atomic E-state index is -0.704. The minimum Gasteiger partial charge on any atom is -0.480 e. The Labute approximate surface area is 104 Å². The fraction of sp³-hybridized carbons (Fsp3) is 0.769. The topological polar surface area (TPSA) is 37.3 Å². The van der Waals surface area contributed by atoms with Gasteiger partial charge in [0, 0.05) is 5.25 Å². The van der Waals surface area contributed by atoms with Crippen LogP contribution in [0.15, 0.2) is 12.2 Å². The molecular weight excluding hydrogens is 220 g/mol. The van der Waals surface area contributed by atoms with Gasteiger partial charge in [-0.3, -0.25) is 4.79 Å². The lowest BCUT2D eigenvalue weighted by molar-refractivity contribution is -0.136. The largest absolute Gasteiger partial charge is 0.480 e. The molecule has 0 bridgehead atoms.